The molecule has 0 radical (unpaired) electrons. The minimum Gasteiger partial charge on any atom is -0.465 e. The van der Waals surface area contributed by atoms with E-state index >= 15 is 0 Å². The van der Waals surface area contributed by atoms with Crippen molar-refractivity contribution in [2.75, 3.05) is 24.4 Å². The number of methoxy groups -OCH3 is 1. The van der Waals surface area contributed by atoms with Gasteiger partial charge in [0.25, 0.3) is 0 Å². The smallest absolute Gasteiger partial charge is 0.354 e. The molecule has 3 rings (SSSR count). The van der Waals surface area contributed by atoms with E-state index in [1.807, 2.05) is 0 Å². The zero-order valence-electron chi connectivity index (χ0n) is 15.8. The summed E-state index contributed by atoms with van der Waals surface area (Å²) in [5.41, 5.74) is -0.315. The van der Waals surface area contributed by atoms with Crippen LogP contribution in [0.25, 0.3) is 0 Å². The van der Waals surface area contributed by atoms with Gasteiger partial charge < -0.3 is 15.0 Å². The van der Waals surface area contributed by atoms with E-state index in [4.69, 9.17) is 4.74 Å². The summed E-state index contributed by atoms with van der Waals surface area (Å²) in [5.74, 6) is -2.85. The summed E-state index contributed by atoms with van der Waals surface area (Å²) >= 11 is 0. The van der Waals surface area contributed by atoms with Crippen LogP contribution in [0.5, 0.6) is 0 Å². The fourth-order valence-electron chi connectivity index (χ4n) is 2.76. The van der Waals surface area contributed by atoms with E-state index in [1.54, 1.807) is 18.2 Å². The van der Waals surface area contributed by atoms with Crippen LogP contribution in [0.4, 0.5) is 37.5 Å². The summed E-state index contributed by atoms with van der Waals surface area (Å²) in [6.45, 7) is 0. The molecule has 0 aliphatic heterocycles. The highest BCUT2D eigenvalue weighted by molar-refractivity contribution is 5.97. The molecule has 0 spiro atoms. The number of hydrogen-bond acceptors (Lipinski definition) is 8. The number of benzene rings is 2. The third-order valence-electron chi connectivity index (χ3n) is 4.16. The monoisotopic (exact) mass is 415 g/mol. The molecular weight excluding hydrogens is 400 g/mol. The lowest BCUT2D eigenvalue weighted by Crippen LogP contribution is -2.18. The number of esters is 1. The number of carbonyl (C=O) groups is 1. The fraction of sp³-hybridized carbons (Fsp3) is 0.105. The lowest BCUT2D eigenvalue weighted by atomic mass is 10.1. The van der Waals surface area contributed by atoms with E-state index in [-0.39, 0.29) is 22.9 Å². The number of anilines is 4. The van der Waals surface area contributed by atoms with Gasteiger partial charge in [-0.25, -0.2) is 23.5 Å². The van der Waals surface area contributed by atoms with Crippen molar-refractivity contribution < 1.29 is 23.2 Å². The van der Waals surface area contributed by atoms with Gasteiger partial charge in [-0.2, -0.15) is 0 Å². The van der Waals surface area contributed by atoms with Gasteiger partial charge in [0.1, 0.15) is 18.0 Å². The molecule has 1 heterocycles. The van der Waals surface area contributed by atoms with Crippen LogP contribution < -0.4 is 10.2 Å². The number of rotatable bonds is 6. The summed E-state index contributed by atoms with van der Waals surface area (Å²) in [5, 5.41) is 14.3. The van der Waals surface area contributed by atoms with Gasteiger partial charge in [0.2, 0.25) is 11.6 Å². The lowest BCUT2D eigenvalue weighted by molar-refractivity contribution is -0.383. The maximum Gasteiger partial charge on any atom is 0.354 e. The van der Waals surface area contributed by atoms with Crippen molar-refractivity contribution in [3.63, 3.8) is 0 Å². The number of halogens is 2. The fourth-order valence-corrected chi connectivity index (χ4v) is 2.76. The van der Waals surface area contributed by atoms with Crippen molar-refractivity contribution >= 4 is 34.7 Å². The minimum atomic E-state index is -0.950. The van der Waals surface area contributed by atoms with Crippen LogP contribution >= 0.6 is 0 Å². The number of hydrogen-bond donors (Lipinski definition) is 1. The van der Waals surface area contributed by atoms with Crippen molar-refractivity contribution in [2.45, 2.75) is 0 Å². The first-order chi connectivity index (χ1) is 14.3. The van der Waals surface area contributed by atoms with Crippen LogP contribution in [-0.2, 0) is 4.74 Å². The van der Waals surface area contributed by atoms with Gasteiger partial charge in [-0.15, -0.1) is 0 Å². The highest BCUT2D eigenvalue weighted by Crippen LogP contribution is 2.37. The molecule has 0 amide bonds. The van der Waals surface area contributed by atoms with Gasteiger partial charge >= 0.3 is 11.7 Å². The van der Waals surface area contributed by atoms with E-state index in [9.17, 15) is 23.7 Å². The summed E-state index contributed by atoms with van der Waals surface area (Å²) < 4.78 is 31.9. The molecule has 0 aliphatic rings. The summed E-state index contributed by atoms with van der Waals surface area (Å²) in [6.07, 6.45) is 1.04. The van der Waals surface area contributed by atoms with E-state index in [2.05, 4.69) is 15.3 Å². The molecule has 30 heavy (non-hydrogen) atoms. The van der Waals surface area contributed by atoms with Crippen LogP contribution in [-0.4, -0.2) is 35.0 Å². The molecule has 0 fully saturated rings. The number of para-hydroxylation sites is 1. The third kappa shape index (κ3) is 3.99. The number of nitro groups is 1. The van der Waals surface area contributed by atoms with Gasteiger partial charge in [-0.05, 0) is 24.3 Å². The van der Waals surface area contributed by atoms with Gasteiger partial charge in [0, 0.05) is 13.1 Å². The van der Waals surface area contributed by atoms with Crippen molar-refractivity contribution in [3.8, 4) is 0 Å². The Hall–Kier alpha value is -4.15. The summed E-state index contributed by atoms with van der Waals surface area (Å²) in [4.78, 5) is 32.2. The SMILES string of the molecule is COC(=O)c1ccccc1N(C)c1ncnc(Nc2ccc(F)cc2F)c1[N+](=O)[O-]. The van der Waals surface area contributed by atoms with Gasteiger partial charge in [-0.3, -0.25) is 10.1 Å². The first-order valence-corrected chi connectivity index (χ1v) is 8.46. The highest BCUT2D eigenvalue weighted by atomic mass is 19.1. The van der Waals surface area contributed by atoms with Crippen LogP contribution in [0.2, 0.25) is 0 Å². The van der Waals surface area contributed by atoms with E-state index in [0.29, 0.717) is 11.8 Å². The van der Waals surface area contributed by atoms with Crippen molar-refractivity contribution in [1.29, 1.82) is 0 Å². The normalized spacial score (nSPS) is 10.4. The molecule has 0 bridgehead atoms. The summed E-state index contributed by atoms with van der Waals surface area (Å²) in [6, 6.07) is 9.03. The number of nitrogens with one attached hydrogen (secondary N) is 1. The Morgan fingerprint density at radius 2 is 1.93 bits per heavy atom. The quantitative estimate of drug-likeness (QED) is 0.366. The maximum atomic E-state index is 14.0. The Bertz CT molecular complexity index is 1130. The van der Waals surface area contributed by atoms with Crippen molar-refractivity contribution in [3.05, 3.63) is 76.1 Å². The molecule has 1 aromatic heterocycles. The van der Waals surface area contributed by atoms with Crippen LogP contribution in [0.1, 0.15) is 10.4 Å². The number of nitrogens with zero attached hydrogens (tertiary/aromatic N) is 4. The Morgan fingerprint density at radius 3 is 2.60 bits per heavy atom. The Kier molecular flexibility index (Phi) is 5.81. The molecular formula is C19H15F2N5O4. The predicted octanol–water partition coefficient (Wildman–Crippen LogP) is 3.96. The first kappa shape index (κ1) is 20.6. The average molecular weight is 415 g/mol. The number of ether oxygens (including phenoxy) is 1. The van der Waals surface area contributed by atoms with Crippen molar-refractivity contribution in [1.82, 2.24) is 9.97 Å². The molecule has 11 heteroatoms. The maximum absolute atomic E-state index is 14.0. The Balaban J connectivity index is 2.10. The molecule has 0 aliphatic carbocycles. The number of carbonyl (C=O) groups excluding carboxylic acids is 1. The van der Waals surface area contributed by atoms with Gasteiger partial charge in [0.15, 0.2) is 0 Å². The first-order valence-electron chi connectivity index (χ1n) is 8.46. The highest BCUT2D eigenvalue weighted by Gasteiger charge is 2.28. The third-order valence-corrected chi connectivity index (χ3v) is 4.16. The molecule has 2 aromatic carbocycles. The number of aromatic nitrogens is 2. The molecule has 3 aromatic rings. The van der Waals surface area contributed by atoms with E-state index < -0.39 is 28.2 Å². The zero-order chi connectivity index (χ0) is 21.8. The summed E-state index contributed by atoms with van der Waals surface area (Å²) in [7, 11) is 2.69. The van der Waals surface area contributed by atoms with Crippen LogP contribution in [0.15, 0.2) is 48.8 Å². The van der Waals surface area contributed by atoms with Gasteiger partial charge in [0.05, 0.1) is 29.0 Å². The standard InChI is InChI=1S/C19H15F2N5O4/c1-25(15-6-4-3-5-12(15)19(27)30-2)18-16(26(28)29)17(22-10-23-18)24-14-8-7-11(20)9-13(14)21/h3-10H,1-2H3,(H,22,23,24). The second kappa shape index (κ2) is 8.47. The van der Waals surface area contributed by atoms with E-state index in [1.165, 1.54) is 25.1 Å². The Morgan fingerprint density at radius 1 is 1.20 bits per heavy atom. The molecule has 0 unspecified atom stereocenters. The average Bonchev–Trinajstić information content (AvgIpc) is 2.74. The second-order valence-corrected chi connectivity index (χ2v) is 5.97. The topological polar surface area (TPSA) is 110 Å². The largest absolute Gasteiger partial charge is 0.465 e. The van der Waals surface area contributed by atoms with Crippen LogP contribution in [0, 0.1) is 21.7 Å². The minimum absolute atomic E-state index is 0.156. The van der Waals surface area contributed by atoms with Gasteiger partial charge in [-0.1, -0.05) is 12.1 Å². The molecule has 9 nitrogen and oxygen atoms in total. The molecule has 0 atom stereocenters. The molecule has 0 saturated carbocycles. The molecule has 0 saturated heterocycles. The second-order valence-electron chi connectivity index (χ2n) is 5.97. The lowest BCUT2D eigenvalue weighted by Gasteiger charge is -2.21. The van der Waals surface area contributed by atoms with Crippen LogP contribution in [0.3, 0.4) is 0 Å². The molecule has 1 N–H and O–H groups in total. The van der Waals surface area contributed by atoms with Crippen molar-refractivity contribution in [2.24, 2.45) is 0 Å². The Labute approximate surface area is 169 Å². The van der Waals surface area contributed by atoms with E-state index in [0.717, 1.165) is 18.5 Å². The zero-order valence-corrected chi connectivity index (χ0v) is 15.8. The predicted molar refractivity (Wildman–Crippen MR) is 104 cm³/mol. The molecule has 154 valence electrons.